The zero-order valence-corrected chi connectivity index (χ0v) is 21.2. The Morgan fingerprint density at radius 1 is 1.26 bits per heavy atom. The maximum atomic E-state index is 13.4. The molecule has 0 bridgehead atoms. The molecule has 1 aromatic carbocycles. The number of ether oxygens (including phenoxy) is 2. The monoisotopic (exact) mass is 545 g/mol. The van der Waals surface area contributed by atoms with E-state index in [1.807, 2.05) is 5.38 Å². The van der Waals surface area contributed by atoms with Crippen molar-refractivity contribution in [1.82, 2.24) is 14.9 Å². The molecule has 2 aliphatic heterocycles. The topological polar surface area (TPSA) is 86.1 Å². The third-order valence-corrected chi connectivity index (χ3v) is 7.49. The van der Waals surface area contributed by atoms with Crippen molar-refractivity contribution in [2.75, 3.05) is 26.8 Å². The highest BCUT2D eigenvalue weighted by atomic mass is 32.1. The van der Waals surface area contributed by atoms with E-state index in [2.05, 4.69) is 16.2 Å². The predicted octanol–water partition coefficient (Wildman–Crippen LogP) is 5.02. The standard InChI is InChI=1S/C26H24F3N4O4S/c1-35-21-7-4-10-30-24(21)36-14-23(34)33-11-8-16(9-12-33)25-31-20(15-38-25)19-13-22(37-32-19)17-5-2-3-6-18(17)26(27,28)29/h2-4,6-7,10,15-16,22H,8-9,11-14H2,1H3. The maximum absolute atomic E-state index is 13.4. The Morgan fingerprint density at radius 2 is 2.08 bits per heavy atom. The van der Waals surface area contributed by atoms with E-state index in [1.54, 1.807) is 23.2 Å². The van der Waals surface area contributed by atoms with E-state index in [0.717, 1.165) is 23.9 Å². The van der Waals surface area contributed by atoms with Gasteiger partial charge < -0.3 is 19.2 Å². The number of piperidine rings is 1. The molecule has 12 heteroatoms. The van der Waals surface area contributed by atoms with Gasteiger partial charge in [0.15, 0.2) is 18.5 Å². The fourth-order valence-corrected chi connectivity index (χ4v) is 5.49. The Hall–Kier alpha value is -3.67. The van der Waals surface area contributed by atoms with Crippen molar-refractivity contribution in [3.63, 3.8) is 0 Å². The number of pyridine rings is 1. The van der Waals surface area contributed by atoms with Crippen molar-refractivity contribution in [2.45, 2.75) is 37.5 Å². The average molecular weight is 546 g/mol. The molecule has 1 amide bonds. The van der Waals surface area contributed by atoms with Crippen LogP contribution in [-0.2, 0) is 15.8 Å². The number of aromatic nitrogens is 2. The summed E-state index contributed by atoms with van der Waals surface area (Å²) < 4.78 is 50.9. The Labute approximate surface area is 221 Å². The van der Waals surface area contributed by atoms with E-state index in [4.69, 9.17) is 19.3 Å². The van der Waals surface area contributed by atoms with Gasteiger partial charge in [-0.3, -0.25) is 4.79 Å². The third kappa shape index (κ3) is 5.59. The summed E-state index contributed by atoms with van der Waals surface area (Å²) >= 11 is 1.48. The number of hydrogen-bond acceptors (Lipinski definition) is 8. The van der Waals surface area contributed by atoms with Gasteiger partial charge in [0.05, 0.1) is 23.4 Å². The number of oxime groups is 1. The highest BCUT2D eigenvalue weighted by Gasteiger charge is 2.38. The summed E-state index contributed by atoms with van der Waals surface area (Å²) in [5.74, 6) is 0.780. The van der Waals surface area contributed by atoms with E-state index >= 15 is 0 Å². The summed E-state index contributed by atoms with van der Waals surface area (Å²) in [5.41, 5.74) is 0.286. The highest BCUT2D eigenvalue weighted by molar-refractivity contribution is 7.10. The molecule has 38 heavy (non-hydrogen) atoms. The SMILES string of the molecule is COc1cccnc1OCC(=O)N1CCC(c2nc(C3=NOC(c4[c]cccc4C(F)(F)F)C3)cs2)CC1. The van der Waals surface area contributed by atoms with Crippen molar-refractivity contribution in [1.29, 1.82) is 0 Å². The van der Waals surface area contributed by atoms with Gasteiger partial charge in [0, 0.05) is 42.6 Å². The third-order valence-electron chi connectivity index (χ3n) is 6.49. The number of methoxy groups -OCH3 is 1. The molecule has 1 radical (unpaired) electrons. The number of thiazole rings is 1. The molecular weight excluding hydrogens is 521 g/mol. The first-order chi connectivity index (χ1) is 18.3. The van der Waals surface area contributed by atoms with Crippen LogP contribution in [0.1, 0.15) is 53.1 Å². The second-order valence-electron chi connectivity index (χ2n) is 8.86. The number of alkyl halides is 3. The molecule has 3 aromatic rings. The summed E-state index contributed by atoms with van der Waals surface area (Å²) in [7, 11) is 1.51. The molecule has 1 saturated heterocycles. The number of carbonyl (C=O) groups excluding carboxylic acids is 1. The molecule has 2 aliphatic rings. The van der Waals surface area contributed by atoms with E-state index in [0.29, 0.717) is 30.2 Å². The largest absolute Gasteiger partial charge is 0.491 e. The first-order valence-corrected chi connectivity index (χ1v) is 12.9. The second kappa shape index (κ2) is 11.0. The lowest BCUT2D eigenvalue weighted by atomic mass is 9.97. The molecule has 199 valence electrons. The van der Waals surface area contributed by atoms with Gasteiger partial charge >= 0.3 is 6.18 Å². The highest BCUT2D eigenvalue weighted by Crippen LogP contribution is 2.39. The van der Waals surface area contributed by atoms with Crippen molar-refractivity contribution in [3.05, 3.63) is 69.8 Å². The number of amides is 1. The van der Waals surface area contributed by atoms with E-state index < -0.39 is 17.8 Å². The van der Waals surface area contributed by atoms with E-state index in [1.165, 1.54) is 30.6 Å². The smallest absolute Gasteiger partial charge is 0.416 e. The van der Waals surface area contributed by atoms with Crippen LogP contribution in [0, 0.1) is 6.07 Å². The van der Waals surface area contributed by atoms with Crippen LogP contribution in [0.15, 0.2) is 47.1 Å². The lowest BCUT2D eigenvalue weighted by Crippen LogP contribution is -2.40. The van der Waals surface area contributed by atoms with E-state index in [-0.39, 0.29) is 36.3 Å². The van der Waals surface area contributed by atoms with Crippen LogP contribution in [0.25, 0.3) is 0 Å². The fourth-order valence-electron chi connectivity index (χ4n) is 4.49. The summed E-state index contributed by atoms with van der Waals surface area (Å²) in [4.78, 5) is 28.6. The van der Waals surface area contributed by atoms with Gasteiger partial charge in [-0.15, -0.1) is 11.3 Å². The number of rotatable bonds is 7. The van der Waals surface area contributed by atoms with Gasteiger partial charge in [0.2, 0.25) is 0 Å². The summed E-state index contributed by atoms with van der Waals surface area (Å²) in [6.07, 6.45) is -2.13. The van der Waals surface area contributed by atoms with Crippen LogP contribution in [0.3, 0.4) is 0 Å². The molecule has 1 fully saturated rings. The Kier molecular flexibility index (Phi) is 7.50. The van der Waals surface area contributed by atoms with Gasteiger partial charge in [-0.2, -0.15) is 13.2 Å². The van der Waals surface area contributed by atoms with Gasteiger partial charge in [0.1, 0.15) is 5.71 Å². The lowest BCUT2D eigenvalue weighted by Gasteiger charge is -2.31. The molecule has 0 saturated carbocycles. The molecule has 2 aromatic heterocycles. The lowest BCUT2D eigenvalue weighted by molar-refractivity contribution is -0.139. The zero-order valence-electron chi connectivity index (χ0n) is 20.4. The van der Waals surface area contributed by atoms with Crippen molar-refractivity contribution < 1.29 is 32.3 Å². The number of nitrogens with zero attached hydrogens (tertiary/aromatic N) is 4. The number of halogens is 3. The molecule has 1 atom stereocenters. The molecular formula is C26H24F3N4O4S. The van der Waals surface area contributed by atoms with Crippen molar-refractivity contribution >= 4 is 23.0 Å². The Balaban J connectivity index is 1.15. The molecule has 8 nitrogen and oxygen atoms in total. The minimum atomic E-state index is -4.50. The normalized spacial score (nSPS) is 18.2. The number of benzene rings is 1. The van der Waals surface area contributed by atoms with Crippen molar-refractivity contribution in [3.8, 4) is 11.6 Å². The molecule has 0 spiro atoms. The summed E-state index contributed by atoms with van der Waals surface area (Å²) in [5, 5.41) is 6.80. The van der Waals surface area contributed by atoms with Crippen molar-refractivity contribution in [2.24, 2.45) is 5.16 Å². The molecule has 4 heterocycles. The maximum Gasteiger partial charge on any atom is 0.416 e. The molecule has 0 aliphatic carbocycles. The minimum Gasteiger partial charge on any atom is -0.491 e. The fraction of sp³-hybridized carbons (Fsp3) is 0.385. The predicted molar refractivity (Wildman–Crippen MR) is 132 cm³/mol. The summed E-state index contributed by atoms with van der Waals surface area (Å²) in [6.45, 7) is 1.00. The van der Waals surface area contributed by atoms with Crippen LogP contribution in [0.4, 0.5) is 13.2 Å². The summed E-state index contributed by atoms with van der Waals surface area (Å²) in [6, 6.07) is 9.86. The average Bonchev–Trinajstić information content (AvgIpc) is 3.62. The molecule has 5 rings (SSSR count). The molecule has 0 N–H and O–H groups in total. The van der Waals surface area contributed by atoms with Crippen LogP contribution in [0.5, 0.6) is 11.6 Å². The second-order valence-corrected chi connectivity index (χ2v) is 9.75. The van der Waals surface area contributed by atoms with E-state index in [9.17, 15) is 18.0 Å². The van der Waals surface area contributed by atoms with Crippen LogP contribution in [-0.4, -0.2) is 53.3 Å². The van der Waals surface area contributed by atoms with Crippen LogP contribution in [0.2, 0.25) is 0 Å². The number of carbonyl (C=O) groups is 1. The zero-order chi connectivity index (χ0) is 26.7. The van der Waals surface area contributed by atoms with Crippen LogP contribution < -0.4 is 9.47 Å². The first kappa shape index (κ1) is 26.0. The first-order valence-electron chi connectivity index (χ1n) is 12.0. The van der Waals surface area contributed by atoms with Gasteiger partial charge in [-0.05, 0) is 37.1 Å². The van der Waals surface area contributed by atoms with Crippen LogP contribution >= 0.6 is 11.3 Å². The molecule has 1 unspecified atom stereocenters. The number of hydrogen-bond donors (Lipinski definition) is 0. The van der Waals surface area contributed by atoms with Gasteiger partial charge in [-0.1, -0.05) is 17.3 Å². The Bertz CT molecular complexity index is 1320. The van der Waals surface area contributed by atoms with Gasteiger partial charge in [0.25, 0.3) is 11.8 Å². The quantitative estimate of drug-likeness (QED) is 0.415. The number of likely N-dealkylation sites (tertiary alicyclic amines) is 1. The van der Waals surface area contributed by atoms with Gasteiger partial charge in [-0.25, -0.2) is 9.97 Å². The Morgan fingerprint density at radius 3 is 2.84 bits per heavy atom. The minimum absolute atomic E-state index is 0.0586.